The number of nitrogens with one attached hydrogen (secondary N) is 1. The minimum atomic E-state index is 0.236. The van der Waals surface area contributed by atoms with E-state index in [2.05, 4.69) is 45.2 Å². The second-order valence-corrected chi connectivity index (χ2v) is 7.80. The molecule has 3 rings (SSSR count). The van der Waals surface area contributed by atoms with E-state index < -0.39 is 0 Å². The zero-order chi connectivity index (χ0) is 15.9. The molecule has 1 heterocycles. The average molecular weight is 549 g/mol. The van der Waals surface area contributed by atoms with Crippen LogP contribution in [0.3, 0.4) is 0 Å². The Labute approximate surface area is 166 Å². The van der Waals surface area contributed by atoms with E-state index in [1.807, 2.05) is 48.5 Å². The van der Waals surface area contributed by atoms with Crippen molar-refractivity contribution in [2.45, 2.75) is 0 Å². The molecule has 2 aromatic rings. The Morgan fingerprint density at radius 3 is 1.59 bits per heavy atom. The van der Waals surface area contributed by atoms with Crippen LogP contribution in [-0.4, -0.2) is 15.9 Å². The molecule has 0 atom stereocenters. The molecule has 0 amide bonds. The third-order valence-corrected chi connectivity index (χ3v) is 5.36. The molecule has 1 aliphatic heterocycles. The summed E-state index contributed by atoms with van der Waals surface area (Å²) in [7, 11) is 0. The van der Waals surface area contributed by atoms with Gasteiger partial charge in [0.15, 0.2) is 15.9 Å². The van der Waals surface area contributed by atoms with Crippen molar-refractivity contribution in [2.75, 3.05) is 9.80 Å². The molecular weight excluding hydrogens is 540 g/mol. The van der Waals surface area contributed by atoms with E-state index in [1.54, 1.807) is 9.80 Å². The predicted molar refractivity (Wildman–Crippen MR) is 116 cm³/mol. The van der Waals surface area contributed by atoms with E-state index in [9.17, 15) is 0 Å². The normalized spacial score (nSPS) is 14.9. The third kappa shape index (κ3) is 2.91. The van der Waals surface area contributed by atoms with Crippen molar-refractivity contribution in [1.29, 1.82) is 5.41 Å². The van der Waals surface area contributed by atoms with Crippen molar-refractivity contribution in [3.05, 3.63) is 55.7 Å². The zero-order valence-corrected chi connectivity index (χ0v) is 17.0. The first kappa shape index (κ1) is 16.2. The van der Waals surface area contributed by atoms with Crippen molar-refractivity contribution in [3.8, 4) is 0 Å². The zero-order valence-electron chi connectivity index (χ0n) is 11.1. The average Bonchev–Trinajstić information content (AvgIpc) is 2.72. The number of hydrogen-bond donors (Lipinski definition) is 1. The van der Waals surface area contributed by atoms with Crippen molar-refractivity contribution >= 4 is 96.9 Å². The Hall–Kier alpha value is -0.650. The smallest absolute Gasteiger partial charge is 0.192 e. The van der Waals surface area contributed by atoms with Gasteiger partial charge in [-0.05, 0) is 106 Å². The maximum absolute atomic E-state index is 8.31. The molecule has 110 valence electrons. The van der Waals surface area contributed by atoms with Crippen molar-refractivity contribution in [3.63, 3.8) is 0 Å². The van der Waals surface area contributed by atoms with Crippen LogP contribution in [0.25, 0.3) is 0 Å². The Kier molecular flexibility index (Phi) is 4.76. The molecule has 0 bridgehead atoms. The fourth-order valence-electron chi connectivity index (χ4n) is 2.13. The summed E-state index contributed by atoms with van der Waals surface area (Å²) in [6.07, 6.45) is 0. The topological polar surface area (TPSA) is 30.3 Å². The highest BCUT2D eigenvalue weighted by molar-refractivity contribution is 14.1. The van der Waals surface area contributed by atoms with Gasteiger partial charge in [-0.25, -0.2) is 0 Å². The lowest BCUT2D eigenvalue weighted by molar-refractivity contribution is 1.38. The van der Waals surface area contributed by atoms with E-state index in [0.717, 1.165) is 18.5 Å². The SMILES string of the molecule is N=C1C(=S)N(c2ccc(I)cc2)C(=S)N1c1ccc(I)cc1. The van der Waals surface area contributed by atoms with E-state index in [1.165, 1.54) is 0 Å². The van der Waals surface area contributed by atoms with Crippen LogP contribution in [0.5, 0.6) is 0 Å². The lowest BCUT2D eigenvalue weighted by atomic mass is 10.3. The summed E-state index contributed by atoms with van der Waals surface area (Å²) in [6.45, 7) is 0. The van der Waals surface area contributed by atoms with Gasteiger partial charge in [0.25, 0.3) is 0 Å². The van der Waals surface area contributed by atoms with Gasteiger partial charge in [-0.3, -0.25) is 15.2 Å². The molecule has 1 aliphatic rings. The largest absolute Gasteiger partial charge is 0.281 e. The standard InChI is InChI=1S/C15H9I2N3S2/c16-9-1-5-11(6-2-9)19-13(18)14(21)20(15(19)22)12-7-3-10(17)4-8-12/h1-8,18H. The summed E-state index contributed by atoms with van der Waals surface area (Å²) < 4.78 is 2.28. The first-order chi connectivity index (χ1) is 10.5. The van der Waals surface area contributed by atoms with Crippen LogP contribution in [0.1, 0.15) is 0 Å². The molecule has 7 heteroatoms. The van der Waals surface area contributed by atoms with Crippen molar-refractivity contribution in [1.82, 2.24) is 0 Å². The monoisotopic (exact) mass is 549 g/mol. The van der Waals surface area contributed by atoms with Gasteiger partial charge in [-0.15, -0.1) is 0 Å². The maximum Gasteiger partial charge on any atom is 0.192 e. The van der Waals surface area contributed by atoms with Gasteiger partial charge in [-0.2, -0.15) is 0 Å². The van der Waals surface area contributed by atoms with Gasteiger partial charge in [0.2, 0.25) is 0 Å². The molecule has 1 saturated heterocycles. The molecule has 1 N–H and O–H groups in total. The molecule has 0 aromatic heterocycles. The van der Waals surface area contributed by atoms with Crippen molar-refractivity contribution < 1.29 is 0 Å². The number of nitrogens with zero attached hydrogens (tertiary/aromatic N) is 2. The van der Waals surface area contributed by atoms with E-state index in [-0.39, 0.29) is 5.84 Å². The van der Waals surface area contributed by atoms with Gasteiger partial charge in [0, 0.05) is 12.8 Å². The van der Waals surface area contributed by atoms with Gasteiger partial charge >= 0.3 is 0 Å². The van der Waals surface area contributed by atoms with Crippen molar-refractivity contribution in [2.24, 2.45) is 0 Å². The van der Waals surface area contributed by atoms with Gasteiger partial charge in [0.05, 0.1) is 5.69 Å². The van der Waals surface area contributed by atoms with E-state index in [0.29, 0.717) is 10.1 Å². The minimum absolute atomic E-state index is 0.236. The van der Waals surface area contributed by atoms with E-state index >= 15 is 0 Å². The highest BCUT2D eigenvalue weighted by Gasteiger charge is 2.37. The summed E-state index contributed by atoms with van der Waals surface area (Å²) in [5.41, 5.74) is 1.74. The van der Waals surface area contributed by atoms with Crippen LogP contribution < -0.4 is 9.80 Å². The number of amidine groups is 1. The minimum Gasteiger partial charge on any atom is -0.281 e. The summed E-state index contributed by atoms with van der Waals surface area (Å²) in [6, 6.07) is 15.8. The first-order valence-electron chi connectivity index (χ1n) is 6.27. The van der Waals surface area contributed by atoms with E-state index in [4.69, 9.17) is 29.8 Å². The Morgan fingerprint density at radius 1 is 0.727 bits per heavy atom. The second-order valence-electron chi connectivity index (χ2n) is 4.56. The molecule has 0 spiro atoms. The molecule has 3 nitrogen and oxygen atoms in total. The lowest BCUT2D eigenvalue weighted by Crippen LogP contribution is -2.32. The fraction of sp³-hybridized carbons (Fsp3) is 0. The lowest BCUT2D eigenvalue weighted by Gasteiger charge is -2.20. The first-order valence-corrected chi connectivity index (χ1v) is 9.24. The summed E-state index contributed by atoms with van der Waals surface area (Å²) in [5.74, 6) is 0.236. The number of hydrogen-bond acceptors (Lipinski definition) is 3. The van der Waals surface area contributed by atoms with Crippen LogP contribution >= 0.6 is 69.6 Å². The van der Waals surface area contributed by atoms with Crippen LogP contribution in [0.2, 0.25) is 0 Å². The number of rotatable bonds is 2. The molecule has 2 aromatic carbocycles. The quantitative estimate of drug-likeness (QED) is 0.431. The van der Waals surface area contributed by atoms with Gasteiger partial charge < -0.3 is 0 Å². The second kappa shape index (κ2) is 6.46. The maximum atomic E-state index is 8.31. The summed E-state index contributed by atoms with van der Waals surface area (Å²) >= 11 is 15.5. The molecule has 0 aliphatic carbocycles. The molecule has 0 saturated carbocycles. The number of benzene rings is 2. The van der Waals surface area contributed by atoms with Crippen LogP contribution in [0, 0.1) is 12.5 Å². The van der Waals surface area contributed by atoms with Crippen LogP contribution in [0.15, 0.2) is 48.5 Å². The Bertz CT molecular complexity index is 707. The molecule has 1 fully saturated rings. The van der Waals surface area contributed by atoms with Gasteiger partial charge in [0.1, 0.15) is 0 Å². The Morgan fingerprint density at radius 2 is 1.14 bits per heavy atom. The van der Waals surface area contributed by atoms with Crippen LogP contribution in [0.4, 0.5) is 11.4 Å². The molecule has 0 radical (unpaired) electrons. The number of halogens is 2. The highest BCUT2D eigenvalue weighted by Crippen LogP contribution is 2.28. The summed E-state index contributed by atoms with van der Waals surface area (Å²) in [4.78, 5) is 3.89. The fourth-order valence-corrected chi connectivity index (χ4v) is 3.59. The van der Waals surface area contributed by atoms with Crippen LogP contribution in [-0.2, 0) is 0 Å². The number of anilines is 2. The molecule has 0 unspecified atom stereocenters. The third-order valence-electron chi connectivity index (χ3n) is 3.18. The molecule has 22 heavy (non-hydrogen) atoms. The Balaban J connectivity index is 2.00. The number of thiocarbonyl (C=S) groups is 2. The highest BCUT2D eigenvalue weighted by atomic mass is 127. The van der Waals surface area contributed by atoms with Gasteiger partial charge in [-0.1, -0.05) is 12.2 Å². The summed E-state index contributed by atoms with van der Waals surface area (Å²) in [5, 5.41) is 8.82. The molecular formula is C15H9I2N3S2. The predicted octanol–water partition coefficient (Wildman–Crippen LogP) is 4.81.